The number of piperidine rings is 1. The van der Waals surface area contributed by atoms with E-state index in [1.807, 2.05) is 18.2 Å². The molecule has 0 amide bonds. The van der Waals surface area contributed by atoms with Crippen LogP contribution in [0.2, 0.25) is 0 Å². The zero-order valence-electron chi connectivity index (χ0n) is 13.1. The molecule has 3 rings (SSSR count). The molecule has 24 heavy (non-hydrogen) atoms. The second-order valence-corrected chi connectivity index (χ2v) is 5.94. The first kappa shape index (κ1) is 16.7. The second-order valence-electron chi connectivity index (χ2n) is 5.94. The van der Waals surface area contributed by atoms with Crippen molar-refractivity contribution in [1.82, 2.24) is 14.9 Å². The first-order valence-electron chi connectivity index (χ1n) is 7.94. The largest absolute Gasteiger partial charge is 0.433 e. The van der Waals surface area contributed by atoms with Crippen LogP contribution < -0.4 is 5.32 Å². The van der Waals surface area contributed by atoms with E-state index in [2.05, 4.69) is 32.3 Å². The third-order valence-corrected chi connectivity index (χ3v) is 4.12. The molecule has 0 bridgehead atoms. The van der Waals surface area contributed by atoms with E-state index in [0.717, 1.165) is 44.7 Å². The Labute approximate surface area is 138 Å². The highest BCUT2D eigenvalue weighted by atomic mass is 19.4. The molecule has 0 aliphatic carbocycles. The lowest BCUT2D eigenvalue weighted by Crippen LogP contribution is -2.39. The van der Waals surface area contributed by atoms with Crippen LogP contribution in [0.25, 0.3) is 0 Å². The van der Waals surface area contributed by atoms with E-state index in [0.29, 0.717) is 0 Å². The summed E-state index contributed by atoms with van der Waals surface area (Å²) in [6.07, 6.45) is -1.60. The highest BCUT2D eigenvalue weighted by molar-refractivity contribution is 5.28. The first-order chi connectivity index (χ1) is 11.5. The van der Waals surface area contributed by atoms with Gasteiger partial charge in [-0.05, 0) is 24.5 Å². The van der Waals surface area contributed by atoms with E-state index >= 15 is 0 Å². The molecule has 0 spiro atoms. The van der Waals surface area contributed by atoms with Crippen molar-refractivity contribution in [2.75, 3.05) is 18.4 Å². The molecule has 1 fully saturated rings. The Bertz CT molecular complexity index is 652. The molecule has 7 heteroatoms. The third kappa shape index (κ3) is 4.44. The minimum atomic E-state index is -4.45. The van der Waals surface area contributed by atoms with Crippen molar-refractivity contribution in [3.05, 3.63) is 53.9 Å². The molecule has 4 nitrogen and oxygen atoms in total. The SMILES string of the molecule is FC(F)(F)c1ccnc(NC2CCN(Cc3ccccc3)CC2)n1. The predicted octanol–water partition coefficient (Wildman–Crippen LogP) is 3.57. The molecule has 0 atom stereocenters. The van der Waals surface area contributed by atoms with Crippen molar-refractivity contribution in [1.29, 1.82) is 0 Å². The molecule has 1 N–H and O–H groups in total. The predicted molar refractivity (Wildman–Crippen MR) is 85.4 cm³/mol. The lowest BCUT2D eigenvalue weighted by Gasteiger charge is -2.32. The zero-order chi connectivity index (χ0) is 17.0. The van der Waals surface area contributed by atoms with Crippen LogP contribution in [-0.2, 0) is 12.7 Å². The van der Waals surface area contributed by atoms with Crippen molar-refractivity contribution in [3.63, 3.8) is 0 Å². The Balaban J connectivity index is 1.52. The Kier molecular flexibility index (Phi) is 4.99. The maximum Gasteiger partial charge on any atom is 0.433 e. The number of likely N-dealkylation sites (tertiary alicyclic amines) is 1. The van der Waals surface area contributed by atoms with Gasteiger partial charge in [0.15, 0.2) is 0 Å². The van der Waals surface area contributed by atoms with E-state index in [-0.39, 0.29) is 12.0 Å². The van der Waals surface area contributed by atoms with Gasteiger partial charge in [0.25, 0.3) is 0 Å². The van der Waals surface area contributed by atoms with Gasteiger partial charge < -0.3 is 5.32 Å². The van der Waals surface area contributed by atoms with Gasteiger partial charge in [0, 0.05) is 31.9 Å². The monoisotopic (exact) mass is 336 g/mol. The standard InChI is InChI=1S/C17H19F3N4/c18-17(19,20)15-6-9-21-16(23-15)22-14-7-10-24(11-8-14)12-13-4-2-1-3-5-13/h1-6,9,14H,7-8,10-12H2,(H,21,22,23). The maximum absolute atomic E-state index is 12.7. The minimum absolute atomic E-state index is 0.0475. The number of alkyl halides is 3. The number of anilines is 1. The normalized spacial score (nSPS) is 17.0. The van der Waals surface area contributed by atoms with Gasteiger partial charge in [0.05, 0.1) is 0 Å². The van der Waals surface area contributed by atoms with Gasteiger partial charge in [-0.3, -0.25) is 4.90 Å². The molecule has 1 aromatic carbocycles. The Morgan fingerprint density at radius 1 is 1.08 bits per heavy atom. The Hall–Kier alpha value is -2.15. The fourth-order valence-corrected chi connectivity index (χ4v) is 2.85. The Morgan fingerprint density at radius 3 is 2.46 bits per heavy atom. The third-order valence-electron chi connectivity index (χ3n) is 4.12. The molecule has 1 aliphatic rings. The number of nitrogens with one attached hydrogen (secondary N) is 1. The van der Waals surface area contributed by atoms with Crippen molar-refractivity contribution in [3.8, 4) is 0 Å². The molecule has 1 aliphatic heterocycles. The van der Waals surface area contributed by atoms with Gasteiger partial charge in [0.2, 0.25) is 5.95 Å². The summed E-state index contributed by atoms with van der Waals surface area (Å²) in [6.45, 7) is 2.69. The topological polar surface area (TPSA) is 41.1 Å². The number of halogens is 3. The van der Waals surface area contributed by atoms with Crippen molar-refractivity contribution >= 4 is 5.95 Å². The van der Waals surface area contributed by atoms with Crippen LogP contribution >= 0.6 is 0 Å². The lowest BCUT2D eigenvalue weighted by molar-refractivity contribution is -0.141. The van der Waals surface area contributed by atoms with Crippen molar-refractivity contribution < 1.29 is 13.2 Å². The fraction of sp³-hybridized carbons (Fsp3) is 0.412. The second kappa shape index (κ2) is 7.17. The average Bonchev–Trinajstić information content (AvgIpc) is 2.57. The Morgan fingerprint density at radius 2 is 1.79 bits per heavy atom. The van der Waals surface area contributed by atoms with Gasteiger partial charge in [-0.15, -0.1) is 0 Å². The van der Waals surface area contributed by atoms with Gasteiger partial charge in [-0.2, -0.15) is 13.2 Å². The van der Waals surface area contributed by atoms with E-state index in [1.165, 1.54) is 5.56 Å². The molecule has 128 valence electrons. The van der Waals surface area contributed by atoms with Gasteiger partial charge in [-0.1, -0.05) is 30.3 Å². The molecule has 0 unspecified atom stereocenters. The molecule has 0 saturated carbocycles. The van der Waals surface area contributed by atoms with E-state index in [9.17, 15) is 13.2 Å². The van der Waals surface area contributed by atoms with Crippen LogP contribution in [0.5, 0.6) is 0 Å². The number of nitrogens with zero attached hydrogens (tertiary/aromatic N) is 3. The molecule has 2 heterocycles. The van der Waals surface area contributed by atoms with Crippen LogP contribution in [0.1, 0.15) is 24.1 Å². The van der Waals surface area contributed by atoms with Crippen LogP contribution in [0.3, 0.4) is 0 Å². The van der Waals surface area contributed by atoms with E-state index < -0.39 is 11.9 Å². The summed E-state index contributed by atoms with van der Waals surface area (Å²) < 4.78 is 38.0. The maximum atomic E-state index is 12.7. The fourth-order valence-electron chi connectivity index (χ4n) is 2.85. The van der Waals surface area contributed by atoms with Crippen molar-refractivity contribution in [2.45, 2.75) is 31.6 Å². The van der Waals surface area contributed by atoms with E-state index in [4.69, 9.17) is 0 Å². The number of benzene rings is 1. The number of aromatic nitrogens is 2. The minimum Gasteiger partial charge on any atom is -0.351 e. The smallest absolute Gasteiger partial charge is 0.351 e. The highest BCUT2D eigenvalue weighted by Crippen LogP contribution is 2.27. The quantitative estimate of drug-likeness (QED) is 0.927. The lowest BCUT2D eigenvalue weighted by atomic mass is 10.0. The average molecular weight is 336 g/mol. The molecule has 1 saturated heterocycles. The summed E-state index contributed by atoms with van der Waals surface area (Å²) in [5.74, 6) is 0.0475. The van der Waals surface area contributed by atoms with Crippen LogP contribution in [0, 0.1) is 0 Å². The van der Waals surface area contributed by atoms with Crippen LogP contribution in [0.15, 0.2) is 42.6 Å². The molecule has 2 aromatic rings. The molecule has 1 aromatic heterocycles. The molecular weight excluding hydrogens is 317 g/mol. The molecule has 0 radical (unpaired) electrons. The summed E-state index contributed by atoms with van der Waals surface area (Å²) in [7, 11) is 0. The number of hydrogen-bond acceptors (Lipinski definition) is 4. The number of hydrogen-bond donors (Lipinski definition) is 1. The van der Waals surface area contributed by atoms with Gasteiger partial charge in [0.1, 0.15) is 5.69 Å². The summed E-state index contributed by atoms with van der Waals surface area (Å²) in [6, 6.07) is 11.2. The summed E-state index contributed by atoms with van der Waals surface area (Å²) in [5, 5.41) is 3.03. The van der Waals surface area contributed by atoms with E-state index in [1.54, 1.807) is 0 Å². The van der Waals surface area contributed by atoms with Crippen molar-refractivity contribution in [2.24, 2.45) is 0 Å². The number of rotatable bonds is 4. The summed E-state index contributed by atoms with van der Waals surface area (Å²) in [5.41, 5.74) is 0.353. The summed E-state index contributed by atoms with van der Waals surface area (Å²) in [4.78, 5) is 9.81. The van der Waals surface area contributed by atoms with Crippen LogP contribution in [0.4, 0.5) is 19.1 Å². The van der Waals surface area contributed by atoms with Gasteiger partial charge in [-0.25, -0.2) is 9.97 Å². The summed E-state index contributed by atoms with van der Waals surface area (Å²) >= 11 is 0. The zero-order valence-corrected chi connectivity index (χ0v) is 13.1. The first-order valence-corrected chi connectivity index (χ1v) is 7.94. The highest BCUT2D eigenvalue weighted by Gasteiger charge is 2.33. The van der Waals surface area contributed by atoms with Gasteiger partial charge >= 0.3 is 6.18 Å². The van der Waals surface area contributed by atoms with Crippen LogP contribution in [-0.4, -0.2) is 34.0 Å². The molecular formula is C17H19F3N4.